The van der Waals surface area contributed by atoms with E-state index in [4.69, 9.17) is 32.7 Å². The summed E-state index contributed by atoms with van der Waals surface area (Å²) >= 11 is 13.0. The molecule has 0 spiro atoms. The molecular weight excluding hydrogens is 525 g/mol. The van der Waals surface area contributed by atoms with Crippen molar-refractivity contribution >= 4 is 62.2 Å². The van der Waals surface area contributed by atoms with Crippen LogP contribution in [0.3, 0.4) is 0 Å². The number of anilines is 1. The second-order valence-corrected chi connectivity index (χ2v) is 9.89. The topological polar surface area (TPSA) is 99.5 Å². The van der Waals surface area contributed by atoms with Gasteiger partial charge in [-0.3, -0.25) is 9.59 Å². The minimum Gasteiger partial charge on any atom is -0.478 e. The van der Waals surface area contributed by atoms with E-state index >= 15 is 0 Å². The van der Waals surface area contributed by atoms with Crippen molar-refractivity contribution in [2.24, 2.45) is 0 Å². The molecular formula is C25H21Cl2N3O5S. The highest BCUT2D eigenvalue weighted by Crippen LogP contribution is 2.32. The molecule has 186 valence electrons. The van der Waals surface area contributed by atoms with Crippen molar-refractivity contribution in [3.63, 3.8) is 0 Å². The van der Waals surface area contributed by atoms with Crippen LogP contribution in [0.1, 0.15) is 31.3 Å². The maximum Gasteiger partial charge on any atom is 0.359 e. The molecule has 0 fully saturated rings. The molecule has 0 aliphatic carbocycles. The van der Waals surface area contributed by atoms with Crippen LogP contribution in [-0.2, 0) is 9.53 Å². The van der Waals surface area contributed by atoms with Gasteiger partial charge in [-0.2, -0.15) is 9.78 Å². The average Bonchev–Trinajstić information content (AvgIpc) is 3.25. The fraction of sp³-hybridized carbons (Fsp3) is 0.200. The standard InChI is InChI=1S/C25H21Cl2N3O5S/c1-4-34-23(32)20-18-13-36-21(19(18)22(31)30(29-20)16-9-5-14(26)6-10-16)28-24(33)25(2,3)35-17-11-7-15(27)8-12-17/h5-13H,4H2,1-3H3,(H,28,33). The lowest BCUT2D eigenvalue weighted by atomic mass is 10.1. The third-order valence-corrected chi connectivity index (χ3v) is 6.55. The largest absolute Gasteiger partial charge is 0.478 e. The van der Waals surface area contributed by atoms with Gasteiger partial charge in [-0.05, 0) is 69.3 Å². The van der Waals surface area contributed by atoms with E-state index in [2.05, 4.69) is 10.4 Å². The van der Waals surface area contributed by atoms with E-state index in [0.29, 0.717) is 21.5 Å². The summed E-state index contributed by atoms with van der Waals surface area (Å²) in [7, 11) is 0. The molecule has 0 radical (unpaired) electrons. The maximum absolute atomic E-state index is 13.5. The number of fused-ring (bicyclic) bond motifs is 1. The van der Waals surface area contributed by atoms with Gasteiger partial charge in [-0.15, -0.1) is 11.3 Å². The van der Waals surface area contributed by atoms with Crippen molar-refractivity contribution in [3.8, 4) is 11.4 Å². The monoisotopic (exact) mass is 545 g/mol. The summed E-state index contributed by atoms with van der Waals surface area (Å²) in [5.74, 6) is -0.727. The zero-order valence-corrected chi connectivity index (χ0v) is 21.8. The van der Waals surface area contributed by atoms with Crippen LogP contribution in [0, 0.1) is 0 Å². The molecule has 0 bridgehead atoms. The molecule has 0 saturated heterocycles. The lowest BCUT2D eigenvalue weighted by Crippen LogP contribution is -2.42. The van der Waals surface area contributed by atoms with Crippen LogP contribution in [0.5, 0.6) is 5.75 Å². The van der Waals surface area contributed by atoms with Gasteiger partial charge in [0.25, 0.3) is 11.5 Å². The average molecular weight is 546 g/mol. The number of thiophene rings is 1. The third kappa shape index (κ3) is 5.23. The van der Waals surface area contributed by atoms with Gasteiger partial charge in [0.1, 0.15) is 10.8 Å². The minimum absolute atomic E-state index is 0.0465. The van der Waals surface area contributed by atoms with Crippen molar-refractivity contribution in [2.75, 3.05) is 11.9 Å². The number of nitrogens with one attached hydrogen (secondary N) is 1. The molecule has 4 aromatic rings. The number of ether oxygens (including phenoxy) is 2. The van der Waals surface area contributed by atoms with Crippen molar-refractivity contribution < 1.29 is 19.1 Å². The molecule has 1 amide bonds. The number of hydrogen-bond acceptors (Lipinski definition) is 7. The van der Waals surface area contributed by atoms with Gasteiger partial charge >= 0.3 is 5.97 Å². The molecule has 1 N–H and O–H groups in total. The number of nitrogens with zero attached hydrogens (tertiary/aromatic N) is 2. The Balaban J connectivity index is 1.77. The number of rotatable bonds is 7. The molecule has 2 heterocycles. The summed E-state index contributed by atoms with van der Waals surface area (Å²) in [5.41, 5.74) is -1.47. The molecule has 0 aliphatic heterocycles. The summed E-state index contributed by atoms with van der Waals surface area (Å²) in [6, 6.07) is 13.0. The number of carbonyl (C=O) groups is 2. The molecule has 11 heteroatoms. The summed E-state index contributed by atoms with van der Waals surface area (Å²) in [6.45, 7) is 5.01. The van der Waals surface area contributed by atoms with E-state index in [-0.39, 0.29) is 28.1 Å². The zero-order chi connectivity index (χ0) is 26.0. The third-order valence-electron chi connectivity index (χ3n) is 5.15. The number of benzene rings is 2. The minimum atomic E-state index is -1.30. The Labute approximate surface area is 220 Å². The fourth-order valence-corrected chi connectivity index (χ4v) is 4.53. The highest BCUT2D eigenvalue weighted by atomic mass is 35.5. The highest BCUT2D eigenvalue weighted by Gasteiger charge is 2.32. The Hall–Kier alpha value is -3.40. The Morgan fingerprint density at radius 3 is 2.28 bits per heavy atom. The van der Waals surface area contributed by atoms with Crippen molar-refractivity contribution in [3.05, 3.63) is 80.0 Å². The molecule has 2 aromatic carbocycles. The molecule has 8 nitrogen and oxygen atoms in total. The normalized spacial score (nSPS) is 11.4. The SMILES string of the molecule is CCOC(=O)c1nn(-c2ccc(Cl)cc2)c(=O)c2c(NC(=O)C(C)(C)Oc3ccc(Cl)cc3)scc12. The van der Waals surface area contributed by atoms with E-state index in [1.807, 2.05) is 0 Å². The quantitative estimate of drug-likeness (QED) is 0.298. The number of aromatic nitrogens is 2. The Kier molecular flexibility index (Phi) is 7.35. The van der Waals surface area contributed by atoms with E-state index in [1.165, 1.54) is 0 Å². The van der Waals surface area contributed by atoms with E-state index in [0.717, 1.165) is 16.0 Å². The Morgan fingerprint density at radius 1 is 1.06 bits per heavy atom. The van der Waals surface area contributed by atoms with Crippen LogP contribution in [0.2, 0.25) is 10.0 Å². The van der Waals surface area contributed by atoms with Crippen LogP contribution in [-0.4, -0.2) is 33.9 Å². The summed E-state index contributed by atoms with van der Waals surface area (Å²) in [4.78, 5) is 39.4. The lowest BCUT2D eigenvalue weighted by molar-refractivity contribution is -0.128. The van der Waals surface area contributed by atoms with E-state index < -0.39 is 23.0 Å². The lowest BCUT2D eigenvalue weighted by Gasteiger charge is -2.25. The second kappa shape index (κ2) is 10.3. The van der Waals surface area contributed by atoms with E-state index in [1.54, 1.807) is 74.7 Å². The van der Waals surface area contributed by atoms with Crippen molar-refractivity contribution in [2.45, 2.75) is 26.4 Å². The van der Waals surface area contributed by atoms with Gasteiger partial charge in [-0.1, -0.05) is 23.2 Å². The van der Waals surface area contributed by atoms with E-state index in [9.17, 15) is 14.4 Å². The molecule has 0 unspecified atom stereocenters. The van der Waals surface area contributed by atoms with Gasteiger partial charge < -0.3 is 14.8 Å². The van der Waals surface area contributed by atoms with Crippen molar-refractivity contribution in [1.29, 1.82) is 0 Å². The van der Waals surface area contributed by atoms with Gasteiger partial charge in [-0.25, -0.2) is 4.79 Å². The zero-order valence-electron chi connectivity index (χ0n) is 19.5. The number of amides is 1. The smallest absolute Gasteiger partial charge is 0.359 e. The number of hydrogen-bond donors (Lipinski definition) is 1. The van der Waals surface area contributed by atoms with Gasteiger partial charge in [0.2, 0.25) is 0 Å². The highest BCUT2D eigenvalue weighted by molar-refractivity contribution is 7.16. The molecule has 2 aromatic heterocycles. The molecule has 0 atom stereocenters. The number of halogens is 2. The molecule has 4 rings (SSSR count). The van der Waals surface area contributed by atoms with Gasteiger partial charge in [0.05, 0.1) is 17.7 Å². The molecule has 36 heavy (non-hydrogen) atoms. The van der Waals surface area contributed by atoms with Crippen LogP contribution >= 0.6 is 34.5 Å². The Bertz CT molecular complexity index is 1500. The van der Waals surface area contributed by atoms with Gasteiger partial charge in [0, 0.05) is 20.8 Å². The molecule has 0 saturated carbocycles. The summed E-state index contributed by atoms with van der Waals surface area (Å²) in [5, 5.41) is 10.3. The summed E-state index contributed by atoms with van der Waals surface area (Å²) < 4.78 is 12.1. The summed E-state index contributed by atoms with van der Waals surface area (Å²) in [6.07, 6.45) is 0. The fourth-order valence-electron chi connectivity index (χ4n) is 3.35. The van der Waals surface area contributed by atoms with Crippen LogP contribution < -0.4 is 15.6 Å². The predicted octanol–water partition coefficient (Wildman–Crippen LogP) is 5.73. The van der Waals surface area contributed by atoms with Crippen LogP contribution in [0.4, 0.5) is 5.00 Å². The number of esters is 1. The van der Waals surface area contributed by atoms with Crippen LogP contribution in [0.25, 0.3) is 16.5 Å². The molecule has 0 aliphatic rings. The number of carbonyl (C=O) groups excluding carboxylic acids is 2. The Morgan fingerprint density at radius 2 is 1.67 bits per heavy atom. The van der Waals surface area contributed by atoms with Crippen molar-refractivity contribution in [1.82, 2.24) is 9.78 Å². The first-order valence-electron chi connectivity index (χ1n) is 10.8. The first-order valence-corrected chi connectivity index (χ1v) is 12.5. The maximum atomic E-state index is 13.5. The predicted molar refractivity (Wildman–Crippen MR) is 141 cm³/mol. The second-order valence-electron chi connectivity index (χ2n) is 8.14. The van der Waals surface area contributed by atoms with Gasteiger partial charge in [0.15, 0.2) is 11.3 Å². The van der Waals surface area contributed by atoms with Crippen LogP contribution in [0.15, 0.2) is 58.7 Å². The first kappa shape index (κ1) is 25.7. The first-order chi connectivity index (χ1) is 17.1.